The molecule has 2 rings (SSSR count). The van der Waals surface area contributed by atoms with E-state index in [1.165, 1.54) is 0 Å². The number of aliphatic imine (C=N–C) groups is 1. The number of carbonyl (C=O) groups excluding carboxylic acids is 1. The highest BCUT2D eigenvalue weighted by Gasteiger charge is 2.23. The number of allylic oxidation sites excluding steroid dienone is 1. The van der Waals surface area contributed by atoms with E-state index in [0.717, 1.165) is 41.5 Å². The van der Waals surface area contributed by atoms with E-state index in [1.54, 1.807) is 6.20 Å². The molecule has 19 heavy (non-hydrogen) atoms. The molecule has 1 fully saturated rings. The van der Waals surface area contributed by atoms with Crippen LogP contribution in [-0.4, -0.2) is 18.7 Å². The minimum Gasteiger partial charge on any atom is -0.349 e. The van der Waals surface area contributed by atoms with Gasteiger partial charge < -0.3 is 5.32 Å². The van der Waals surface area contributed by atoms with Gasteiger partial charge in [0.25, 0.3) is 5.91 Å². The number of nitrogens with zero attached hydrogens (tertiary/aromatic N) is 1. The minimum absolute atomic E-state index is 0.0287. The standard InChI is InChI=1S/C16H20N2O/c1-4-12(10-17-3)15-8-5-13(9-11(15)2)16(19)18-14-6-7-14/h5,8-10,14H,3-4,6-7H2,1-2H3,(H,18,19). The largest absolute Gasteiger partial charge is 0.349 e. The lowest BCUT2D eigenvalue weighted by molar-refractivity contribution is 0.0951. The summed E-state index contributed by atoms with van der Waals surface area (Å²) in [6.07, 6.45) is 4.90. The van der Waals surface area contributed by atoms with Gasteiger partial charge in [0, 0.05) is 17.8 Å². The van der Waals surface area contributed by atoms with Gasteiger partial charge in [0.2, 0.25) is 0 Å². The molecule has 0 unspecified atom stereocenters. The van der Waals surface area contributed by atoms with Crippen molar-refractivity contribution in [2.45, 2.75) is 39.2 Å². The monoisotopic (exact) mass is 256 g/mol. The Bertz CT molecular complexity index is 528. The summed E-state index contributed by atoms with van der Waals surface area (Å²) in [7, 11) is 0. The third-order valence-corrected chi connectivity index (χ3v) is 3.38. The van der Waals surface area contributed by atoms with Gasteiger partial charge in [-0.05, 0) is 61.7 Å². The minimum atomic E-state index is 0.0287. The molecule has 1 N–H and O–H groups in total. The Morgan fingerprint density at radius 3 is 2.79 bits per heavy atom. The van der Waals surface area contributed by atoms with Crippen LogP contribution in [0.15, 0.2) is 29.4 Å². The first kappa shape index (κ1) is 13.5. The summed E-state index contributed by atoms with van der Waals surface area (Å²) in [5, 5.41) is 3.00. The fourth-order valence-corrected chi connectivity index (χ4v) is 2.12. The van der Waals surface area contributed by atoms with Crippen LogP contribution in [0.2, 0.25) is 0 Å². The van der Waals surface area contributed by atoms with Crippen molar-refractivity contribution in [3.8, 4) is 0 Å². The first-order valence-electron chi connectivity index (χ1n) is 6.72. The summed E-state index contributed by atoms with van der Waals surface area (Å²) in [4.78, 5) is 15.8. The van der Waals surface area contributed by atoms with Crippen molar-refractivity contribution in [3.05, 3.63) is 41.1 Å². The van der Waals surface area contributed by atoms with E-state index < -0.39 is 0 Å². The lowest BCUT2D eigenvalue weighted by Crippen LogP contribution is -2.25. The zero-order chi connectivity index (χ0) is 13.8. The predicted molar refractivity (Wildman–Crippen MR) is 79.5 cm³/mol. The predicted octanol–water partition coefficient (Wildman–Crippen LogP) is 3.34. The second-order valence-corrected chi connectivity index (χ2v) is 4.97. The number of amides is 1. The van der Waals surface area contributed by atoms with Gasteiger partial charge in [0.05, 0.1) is 0 Å². The molecule has 1 aliphatic rings. The van der Waals surface area contributed by atoms with E-state index in [0.29, 0.717) is 6.04 Å². The molecule has 3 heteroatoms. The fourth-order valence-electron chi connectivity index (χ4n) is 2.12. The second-order valence-electron chi connectivity index (χ2n) is 4.97. The van der Waals surface area contributed by atoms with E-state index in [9.17, 15) is 4.79 Å². The Labute approximate surface area is 114 Å². The number of rotatable bonds is 5. The zero-order valence-electron chi connectivity index (χ0n) is 11.6. The van der Waals surface area contributed by atoms with Crippen molar-refractivity contribution in [2.24, 2.45) is 4.99 Å². The van der Waals surface area contributed by atoms with Crippen LogP contribution in [0.4, 0.5) is 0 Å². The first-order valence-corrected chi connectivity index (χ1v) is 6.72. The Morgan fingerprint density at radius 1 is 1.53 bits per heavy atom. The highest BCUT2D eigenvalue weighted by Crippen LogP contribution is 2.24. The maximum Gasteiger partial charge on any atom is 0.251 e. The van der Waals surface area contributed by atoms with Crippen LogP contribution in [0.3, 0.4) is 0 Å². The van der Waals surface area contributed by atoms with Gasteiger partial charge in [-0.2, -0.15) is 0 Å². The molecule has 0 radical (unpaired) electrons. The highest BCUT2D eigenvalue weighted by atomic mass is 16.1. The van der Waals surface area contributed by atoms with E-state index >= 15 is 0 Å². The van der Waals surface area contributed by atoms with Crippen LogP contribution in [-0.2, 0) is 0 Å². The average Bonchev–Trinajstić information content (AvgIpc) is 3.20. The van der Waals surface area contributed by atoms with Crippen molar-refractivity contribution >= 4 is 18.2 Å². The molecule has 0 spiro atoms. The summed E-state index contributed by atoms with van der Waals surface area (Å²) in [5.41, 5.74) is 4.11. The molecule has 1 saturated carbocycles. The van der Waals surface area contributed by atoms with Gasteiger partial charge in [0.15, 0.2) is 0 Å². The maximum absolute atomic E-state index is 12.0. The van der Waals surface area contributed by atoms with Crippen LogP contribution in [0.1, 0.15) is 47.7 Å². The van der Waals surface area contributed by atoms with E-state index in [-0.39, 0.29) is 5.91 Å². The van der Waals surface area contributed by atoms with E-state index in [2.05, 4.69) is 24.0 Å². The summed E-state index contributed by atoms with van der Waals surface area (Å²) >= 11 is 0. The molecular weight excluding hydrogens is 236 g/mol. The third kappa shape index (κ3) is 3.31. The van der Waals surface area contributed by atoms with Crippen molar-refractivity contribution in [2.75, 3.05) is 0 Å². The normalized spacial score (nSPS) is 15.2. The molecule has 1 aromatic rings. The quantitative estimate of drug-likeness (QED) is 0.807. The first-order chi connectivity index (χ1) is 9.15. The third-order valence-electron chi connectivity index (χ3n) is 3.38. The van der Waals surface area contributed by atoms with E-state index in [4.69, 9.17) is 0 Å². The number of benzene rings is 1. The van der Waals surface area contributed by atoms with Crippen LogP contribution in [0.25, 0.3) is 5.57 Å². The molecule has 0 aromatic heterocycles. The number of hydrogen-bond acceptors (Lipinski definition) is 2. The van der Waals surface area contributed by atoms with Gasteiger partial charge >= 0.3 is 0 Å². The van der Waals surface area contributed by atoms with Crippen molar-refractivity contribution in [1.82, 2.24) is 5.32 Å². The SMILES string of the molecule is C=NC=C(CC)c1ccc(C(=O)NC2CC2)cc1C. The molecular formula is C16H20N2O. The molecule has 0 aliphatic heterocycles. The summed E-state index contributed by atoms with van der Waals surface area (Å²) < 4.78 is 0. The Morgan fingerprint density at radius 2 is 2.26 bits per heavy atom. The number of carbonyl (C=O) groups is 1. The fraction of sp³-hybridized carbons (Fsp3) is 0.375. The molecule has 3 nitrogen and oxygen atoms in total. The van der Waals surface area contributed by atoms with Crippen LogP contribution in [0, 0.1) is 6.92 Å². The summed E-state index contributed by atoms with van der Waals surface area (Å²) in [6, 6.07) is 6.22. The van der Waals surface area contributed by atoms with Gasteiger partial charge in [-0.3, -0.25) is 9.79 Å². The van der Waals surface area contributed by atoms with Crippen LogP contribution in [0.5, 0.6) is 0 Å². The van der Waals surface area contributed by atoms with Crippen molar-refractivity contribution < 1.29 is 4.79 Å². The van der Waals surface area contributed by atoms with Gasteiger partial charge in [-0.1, -0.05) is 13.0 Å². The van der Waals surface area contributed by atoms with Crippen LogP contribution < -0.4 is 5.32 Å². The summed E-state index contributed by atoms with van der Waals surface area (Å²) in [5.74, 6) is 0.0287. The lowest BCUT2D eigenvalue weighted by Gasteiger charge is -2.10. The zero-order valence-corrected chi connectivity index (χ0v) is 11.6. The van der Waals surface area contributed by atoms with Crippen molar-refractivity contribution in [3.63, 3.8) is 0 Å². The maximum atomic E-state index is 12.0. The molecule has 1 aliphatic carbocycles. The lowest BCUT2D eigenvalue weighted by atomic mass is 9.97. The Balaban J connectivity index is 2.22. The summed E-state index contributed by atoms with van der Waals surface area (Å²) in [6.45, 7) is 7.61. The second kappa shape index (κ2) is 5.83. The molecule has 0 heterocycles. The van der Waals surface area contributed by atoms with Gasteiger partial charge in [-0.25, -0.2) is 0 Å². The molecule has 0 atom stereocenters. The number of hydrogen-bond donors (Lipinski definition) is 1. The average molecular weight is 256 g/mol. The number of nitrogens with one attached hydrogen (secondary N) is 1. The molecule has 1 amide bonds. The van der Waals surface area contributed by atoms with Crippen LogP contribution >= 0.6 is 0 Å². The van der Waals surface area contributed by atoms with Gasteiger partial charge in [-0.15, -0.1) is 0 Å². The van der Waals surface area contributed by atoms with E-state index in [1.807, 2.05) is 25.1 Å². The Hall–Kier alpha value is -1.90. The topological polar surface area (TPSA) is 41.5 Å². The van der Waals surface area contributed by atoms with Crippen molar-refractivity contribution in [1.29, 1.82) is 0 Å². The smallest absolute Gasteiger partial charge is 0.251 e. The van der Waals surface area contributed by atoms with Gasteiger partial charge in [0.1, 0.15) is 0 Å². The molecule has 100 valence electrons. The molecule has 1 aromatic carbocycles. The highest BCUT2D eigenvalue weighted by molar-refractivity contribution is 5.95. The molecule has 0 bridgehead atoms. The molecule has 0 saturated heterocycles. The number of aryl methyl sites for hydroxylation is 1. The Kier molecular flexibility index (Phi) is 4.15.